The first-order chi connectivity index (χ1) is 11.6. The van der Waals surface area contributed by atoms with Crippen molar-refractivity contribution in [2.24, 2.45) is 0 Å². The smallest absolute Gasteiger partial charge is 0.341 e. The summed E-state index contributed by atoms with van der Waals surface area (Å²) in [6.07, 6.45) is 0. The fraction of sp³-hybridized carbons (Fsp3) is 0.158. The van der Waals surface area contributed by atoms with Crippen molar-refractivity contribution in [1.29, 1.82) is 0 Å². The molecule has 0 aliphatic rings. The molecule has 0 spiro atoms. The molecule has 0 aliphatic carbocycles. The zero-order chi connectivity index (χ0) is 17.1. The number of halogens is 1. The molecule has 0 atom stereocenters. The maximum atomic E-state index is 10.6. The molecule has 25 heavy (non-hydrogen) atoms. The number of methoxy groups -OCH3 is 1. The van der Waals surface area contributed by atoms with Crippen LogP contribution in [0.5, 0.6) is 11.5 Å². The van der Waals surface area contributed by atoms with Crippen molar-refractivity contribution < 1.29 is 19.4 Å². The van der Waals surface area contributed by atoms with Gasteiger partial charge in [-0.2, -0.15) is 0 Å². The maximum absolute atomic E-state index is 10.6. The number of ether oxygens (including phenoxy) is 2. The van der Waals surface area contributed by atoms with Crippen LogP contribution in [0, 0.1) is 6.92 Å². The Labute approximate surface area is 151 Å². The summed E-state index contributed by atoms with van der Waals surface area (Å²) in [7, 11) is 1.52. The van der Waals surface area contributed by atoms with Gasteiger partial charge in [0.25, 0.3) is 0 Å². The largest absolute Gasteiger partial charge is 0.493 e. The number of rotatable bonds is 5. The topological polar surface area (TPSA) is 68.7 Å². The van der Waals surface area contributed by atoms with Crippen molar-refractivity contribution in [3.63, 3.8) is 0 Å². The van der Waals surface area contributed by atoms with E-state index in [1.54, 1.807) is 12.1 Å². The van der Waals surface area contributed by atoms with Crippen LogP contribution in [0.3, 0.4) is 0 Å². The predicted molar refractivity (Wildman–Crippen MR) is 98.8 cm³/mol. The first kappa shape index (κ1) is 18.5. The molecule has 130 valence electrons. The lowest BCUT2D eigenvalue weighted by Gasteiger charge is -2.12. The van der Waals surface area contributed by atoms with E-state index < -0.39 is 12.6 Å². The standard InChI is InChI=1S/C19H17NO4.ClH/c1-12-9-16(20-15-6-4-3-5-14(12)15)13-7-8-17(18(10-13)23-2)24-11-19(21)22;/h3-10H,11H2,1-2H3,(H,21,22);1H. The third kappa shape index (κ3) is 4.00. The number of hydrogen-bond donors (Lipinski definition) is 1. The van der Waals surface area contributed by atoms with E-state index in [1.165, 1.54) is 7.11 Å². The number of aromatic nitrogens is 1. The lowest BCUT2D eigenvalue weighted by atomic mass is 10.0. The van der Waals surface area contributed by atoms with E-state index in [-0.39, 0.29) is 12.4 Å². The van der Waals surface area contributed by atoms with Gasteiger partial charge >= 0.3 is 5.97 Å². The molecule has 0 saturated heterocycles. The molecule has 0 bridgehead atoms. The van der Waals surface area contributed by atoms with Crippen LogP contribution < -0.4 is 9.47 Å². The van der Waals surface area contributed by atoms with Crippen molar-refractivity contribution in [3.8, 4) is 22.8 Å². The summed E-state index contributed by atoms with van der Waals surface area (Å²) in [6.45, 7) is 1.64. The monoisotopic (exact) mass is 359 g/mol. The molecule has 3 rings (SSSR count). The summed E-state index contributed by atoms with van der Waals surface area (Å²) in [5, 5.41) is 9.85. The molecule has 3 aromatic rings. The first-order valence-electron chi connectivity index (χ1n) is 7.48. The lowest BCUT2D eigenvalue weighted by molar-refractivity contribution is -0.139. The maximum Gasteiger partial charge on any atom is 0.341 e. The van der Waals surface area contributed by atoms with E-state index in [0.717, 1.165) is 27.7 Å². The van der Waals surface area contributed by atoms with Crippen molar-refractivity contribution in [2.45, 2.75) is 6.92 Å². The number of nitrogens with zero attached hydrogens (tertiary/aromatic N) is 1. The zero-order valence-corrected chi connectivity index (χ0v) is 14.7. The van der Waals surface area contributed by atoms with Gasteiger partial charge in [-0.05, 0) is 42.8 Å². The SMILES string of the molecule is COc1cc(-c2cc(C)c3ccccc3n2)ccc1OCC(=O)O.Cl. The number of hydrogen-bond acceptors (Lipinski definition) is 4. The van der Waals surface area contributed by atoms with Crippen molar-refractivity contribution in [1.82, 2.24) is 4.98 Å². The van der Waals surface area contributed by atoms with Gasteiger partial charge in [0.2, 0.25) is 0 Å². The highest BCUT2D eigenvalue weighted by molar-refractivity contribution is 5.85. The highest BCUT2D eigenvalue weighted by Gasteiger charge is 2.11. The molecule has 1 N–H and O–H groups in total. The quantitative estimate of drug-likeness (QED) is 0.742. The number of carboxylic acids is 1. The highest BCUT2D eigenvalue weighted by Crippen LogP contribution is 2.33. The van der Waals surface area contributed by atoms with Gasteiger partial charge in [0, 0.05) is 10.9 Å². The number of aliphatic carboxylic acids is 1. The number of pyridine rings is 1. The van der Waals surface area contributed by atoms with Crippen LogP contribution in [0.25, 0.3) is 22.2 Å². The molecule has 1 heterocycles. The van der Waals surface area contributed by atoms with E-state index >= 15 is 0 Å². The number of para-hydroxylation sites is 1. The van der Waals surface area contributed by atoms with Gasteiger partial charge in [0.05, 0.1) is 18.3 Å². The molecule has 6 heteroatoms. The van der Waals surface area contributed by atoms with E-state index in [4.69, 9.17) is 19.6 Å². The first-order valence-corrected chi connectivity index (χ1v) is 7.48. The highest BCUT2D eigenvalue weighted by atomic mass is 35.5. The molecule has 0 amide bonds. The van der Waals surface area contributed by atoms with Crippen LogP contribution in [0.4, 0.5) is 0 Å². The molecule has 2 aromatic carbocycles. The van der Waals surface area contributed by atoms with Crippen LogP contribution in [0.15, 0.2) is 48.5 Å². The number of aryl methyl sites for hydroxylation is 1. The van der Waals surface area contributed by atoms with Crippen LogP contribution in [0.1, 0.15) is 5.56 Å². The van der Waals surface area contributed by atoms with Crippen molar-refractivity contribution in [2.75, 3.05) is 13.7 Å². The Morgan fingerprint density at radius 1 is 1.12 bits per heavy atom. The van der Waals surface area contributed by atoms with E-state index in [2.05, 4.69) is 6.92 Å². The zero-order valence-electron chi connectivity index (χ0n) is 13.9. The van der Waals surface area contributed by atoms with E-state index in [0.29, 0.717) is 11.5 Å². The number of fused-ring (bicyclic) bond motifs is 1. The molecular formula is C19H18ClNO4. The van der Waals surface area contributed by atoms with Crippen LogP contribution in [-0.2, 0) is 4.79 Å². The number of carbonyl (C=O) groups is 1. The van der Waals surface area contributed by atoms with Crippen LogP contribution >= 0.6 is 12.4 Å². The second-order valence-corrected chi connectivity index (χ2v) is 5.39. The van der Waals surface area contributed by atoms with Gasteiger partial charge in [0.15, 0.2) is 18.1 Å². The van der Waals surface area contributed by atoms with Gasteiger partial charge in [-0.3, -0.25) is 0 Å². The summed E-state index contributed by atoms with van der Waals surface area (Å²) < 4.78 is 10.5. The minimum atomic E-state index is -1.03. The lowest BCUT2D eigenvalue weighted by Crippen LogP contribution is -2.10. The molecule has 5 nitrogen and oxygen atoms in total. The van der Waals surface area contributed by atoms with Crippen molar-refractivity contribution >= 4 is 29.3 Å². The Balaban J connectivity index is 0.00000225. The third-order valence-corrected chi connectivity index (χ3v) is 3.73. The Hall–Kier alpha value is -2.79. The molecule has 0 unspecified atom stereocenters. The minimum absolute atomic E-state index is 0. The Morgan fingerprint density at radius 2 is 1.88 bits per heavy atom. The van der Waals surface area contributed by atoms with Gasteiger partial charge in [0.1, 0.15) is 0 Å². The van der Waals surface area contributed by atoms with Gasteiger partial charge in [-0.25, -0.2) is 9.78 Å². The van der Waals surface area contributed by atoms with Crippen molar-refractivity contribution in [3.05, 3.63) is 54.1 Å². The number of benzene rings is 2. The van der Waals surface area contributed by atoms with Crippen LogP contribution in [0.2, 0.25) is 0 Å². The Bertz CT molecular complexity index is 911. The second kappa shape index (κ2) is 7.85. The number of carboxylic acid groups (broad SMARTS) is 1. The summed E-state index contributed by atoms with van der Waals surface area (Å²) in [4.78, 5) is 15.3. The molecule has 0 saturated carbocycles. The second-order valence-electron chi connectivity index (χ2n) is 5.39. The Kier molecular flexibility index (Phi) is 5.83. The summed E-state index contributed by atoms with van der Waals surface area (Å²) in [5.74, 6) is -0.171. The predicted octanol–water partition coefficient (Wildman–Crippen LogP) is 4.10. The average Bonchev–Trinajstić information content (AvgIpc) is 2.59. The summed E-state index contributed by atoms with van der Waals surface area (Å²) >= 11 is 0. The molecular weight excluding hydrogens is 342 g/mol. The van der Waals surface area contributed by atoms with E-state index in [9.17, 15) is 4.79 Å². The fourth-order valence-electron chi connectivity index (χ4n) is 2.58. The summed E-state index contributed by atoms with van der Waals surface area (Å²) in [6, 6.07) is 15.3. The third-order valence-electron chi connectivity index (χ3n) is 3.73. The van der Waals surface area contributed by atoms with Crippen LogP contribution in [-0.4, -0.2) is 29.8 Å². The van der Waals surface area contributed by atoms with Gasteiger partial charge in [-0.15, -0.1) is 12.4 Å². The summed E-state index contributed by atoms with van der Waals surface area (Å²) in [5.41, 5.74) is 3.77. The van der Waals surface area contributed by atoms with E-state index in [1.807, 2.05) is 36.4 Å². The average molecular weight is 360 g/mol. The van der Waals surface area contributed by atoms with Gasteiger partial charge in [-0.1, -0.05) is 18.2 Å². The molecule has 0 fully saturated rings. The van der Waals surface area contributed by atoms with Gasteiger partial charge < -0.3 is 14.6 Å². The normalized spacial score (nSPS) is 10.2. The molecule has 1 aromatic heterocycles. The molecule has 0 radical (unpaired) electrons. The molecule has 0 aliphatic heterocycles. The minimum Gasteiger partial charge on any atom is -0.493 e. The fourth-order valence-corrected chi connectivity index (χ4v) is 2.58. The Morgan fingerprint density at radius 3 is 2.60 bits per heavy atom.